The molecule has 1 heterocycles. The molecule has 0 aliphatic carbocycles. The normalized spacial score (nSPS) is 15.8. The number of hydrogen-bond donors (Lipinski definition) is 4. The fourth-order valence-electron chi connectivity index (χ4n) is 2.22. The standard InChI is InChI=1S/C14H14F2N2O4/c15-5-9(6-17-14(21)22)13(20)8-3-7-1-2-11(19)18-12(7)10(16)4-8/h3-5,13,17,20H,1-2,6H2,(H,18,19)(H,21,22)/b9-5-. The van der Waals surface area contributed by atoms with Crippen molar-refractivity contribution in [1.82, 2.24) is 5.32 Å². The zero-order valence-electron chi connectivity index (χ0n) is 11.4. The molecule has 2 rings (SSSR count). The van der Waals surface area contributed by atoms with Crippen LogP contribution in [0.4, 0.5) is 19.3 Å². The summed E-state index contributed by atoms with van der Waals surface area (Å²) in [5.74, 6) is -1.03. The van der Waals surface area contributed by atoms with E-state index < -0.39 is 24.6 Å². The van der Waals surface area contributed by atoms with Crippen LogP contribution < -0.4 is 10.6 Å². The SMILES string of the molecule is O=C(O)NC/C(=C/F)C(O)c1cc(F)c2c(c1)CCC(=O)N2. The van der Waals surface area contributed by atoms with Crippen LogP contribution in [0.15, 0.2) is 24.0 Å². The summed E-state index contributed by atoms with van der Waals surface area (Å²) in [7, 11) is 0. The Bertz CT molecular complexity index is 646. The largest absolute Gasteiger partial charge is 0.465 e. The smallest absolute Gasteiger partial charge is 0.404 e. The van der Waals surface area contributed by atoms with E-state index in [1.165, 1.54) is 6.07 Å². The third kappa shape index (κ3) is 3.40. The minimum atomic E-state index is -1.49. The van der Waals surface area contributed by atoms with Crippen LogP contribution in [0.3, 0.4) is 0 Å². The van der Waals surface area contributed by atoms with Gasteiger partial charge in [-0.3, -0.25) is 4.79 Å². The molecule has 0 bridgehead atoms. The average Bonchev–Trinajstić information content (AvgIpc) is 2.48. The summed E-state index contributed by atoms with van der Waals surface area (Å²) in [6.07, 6.45) is -2.28. The van der Waals surface area contributed by atoms with E-state index in [1.54, 1.807) is 0 Å². The molecule has 0 spiro atoms. The number of fused-ring (bicyclic) bond motifs is 1. The molecule has 0 saturated heterocycles. The Balaban J connectivity index is 2.26. The van der Waals surface area contributed by atoms with Gasteiger partial charge in [-0.25, -0.2) is 13.6 Å². The van der Waals surface area contributed by atoms with Crippen LogP contribution in [-0.2, 0) is 11.2 Å². The molecule has 0 aromatic heterocycles. The fraction of sp³-hybridized carbons (Fsp3) is 0.286. The van der Waals surface area contributed by atoms with E-state index in [0.717, 1.165) is 6.07 Å². The Morgan fingerprint density at radius 2 is 2.18 bits per heavy atom. The third-order valence-electron chi connectivity index (χ3n) is 3.33. The molecule has 1 aromatic rings. The van der Waals surface area contributed by atoms with E-state index in [0.29, 0.717) is 12.0 Å². The van der Waals surface area contributed by atoms with Crippen LogP contribution in [0.2, 0.25) is 0 Å². The summed E-state index contributed by atoms with van der Waals surface area (Å²) in [5, 5.41) is 22.9. The minimum Gasteiger partial charge on any atom is -0.465 e. The topological polar surface area (TPSA) is 98.7 Å². The number of anilines is 1. The van der Waals surface area contributed by atoms with Gasteiger partial charge in [-0.05, 0) is 23.6 Å². The second-order valence-electron chi connectivity index (χ2n) is 4.83. The predicted molar refractivity (Wildman–Crippen MR) is 73.5 cm³/mol. The average molecular weight is 312 g/mol. The van der Waals surface area contributed by atoms with E-state index in [-0.39, 0.29) is 35.5 Å². The molecular weight excluding hydrogens is 298 g/mol. The second-order valence-corrected chi connectivity index (χ2v) is 4.83. The van der Waals surface area contributed by atoms with Crippen molar-refractivity contribution in [2.45, 2.75) is 18.9 Å². The van der Waals surface area contributed by atoms with Gasteiger partial charge in [-0.1, -0.05) is 6.07 Å². The van der Waals surface area contributed by atoms with Gasteiger partial charge in [0.1, 0.15) is 11.9 Å². The van der Waals surface area contributed by atoms with Crippen molar-refractivity contribution in [3.8, 4) is 0 Å². The first kappa shape index (κ1) is 15.9. The summed E-state index contributed by atoms with van der Waals surface area (Å²) in [6.45, 7) is -0.428. The van der Waals surface area contributed by atoms with Gasteiger partial charge in [0.2, 0.25) is 5.91 Å². The maximum atomic E-state index is 14.0. The molecule has 4 N–H and O–H groups in total. The first-order valence-electron chi connectivity index (χ1n) is 6.48. The van der Waals surface area contributed by atoms with Crippen LogP contribution in [-0.4, -0.2) is 28.8 Å². The molecule has 1 aliphatic rings. The van der Waals surface area contributed by atoms with Crippen molar-refractivity contribution >= 4 is 17.7 Å². The summed E-state index contributed by atoms with van der Waals surface area (Å²) < 4.78 is 26.8. The fourth-order valence-corrected chi connectivity index (χ4v) is 2.22. The molecule has 1 unspecified atom stereocenters. The van der Waals surface area contributed by atoms with Gasteiger partial charge in [0, 0.05) is 18.5 Å². The monoisotopic (exact) mass is 312 g/mol. The van der Waals surface area contributed by atoms with Crippen LogP contribution in [0.5, 0.6) is 0 Å². The predicted octanol–water partition coefficient (Wildman–Crippen LogP) is 1.86. The zero-order valence-corrected chi connectivity index (χ0v) is 11.4. The third-order valence-corrected chi connectivity index (χ3v) is 3.33. The van der Waals surface area contributed by atoms with Crippen LogP contribution in [0.25, 0.3) is 0 Å². The van der Waals surface area contributed by atoms with E-state index >= 15 is 0 Å². The molecule has 22 heavy (non-hydrogen) atoms. The Hall–Kier alpha value is -2.48. The van der Waals surface area contributed by atoms with Gasteiger partial charge in [-0.2, -0.15) is 0 Å². The number of benzene rings is 1. The maximum Gasteiger partial charge on any atom is 0.404 e. The summed E-state index contributed by atoms with van der Waals surface area (Å²) >= 11 is 0. The summed E-state index contributed by atoms with van der Waals surface area (Å²) in [6, 6.07) is 2.45. The number of hydrogen-bond acceptors (Lipinski definition) is 3. The minimum absolute atomic E-state index is 0.0571. The van der Waals surface area contributed by atoms with Gasteiger partial charge < -0.3 is 20.8 Å². The van der Waals surface area contributed by atoms with Gasteiger partial charge >= 0.3 is 6.09 Å². The van der Waals surface area contributed by atoms with Crippen molar-refractivity contribution in [1.29, 1.82) is 0 Å². The van der Waals surface area contributed by atoms with Gasteiger partial charge in [0.25, 0.3) is 0 Å². The lowest BCUT2D eigenvalue weighted by atomic mass is 9.95. The molecule has 1 aliphatic heterocycles. The first-order valence-corrected chi connectivity index (χ1v) is 6.48. The lowest BCUT2D eigenvalue weighted by Gasteiger charge is -2.21. The number of carbonyl (C=O) groups is 2. The lowest BCUT2D eigenvalue weighted by Crippen LogP contribution is -2.25. The molecule has 0 radical (unpaired) electrons. The van der Waals surface area contributed by atoms with Crippen molar-refractivity contribution in [2.75, 3.05) is 11.9 Å². The number of aryl methyl sites for hydroxylation is 1. The van der Waals surface area contributed by atoms with Crippen molar-refractivity contribution in [2.24, 2.45) is 0 Å². The number of carbonyl (C=O) groups excluding carboxylic acids is 1. The Morgan fingerprint density at radius 3 is 2.82 bits per heavy atom. The van der Waals surface area contributed by atoms with Crippen molar-refractivity contribution in [3.05, 3.63) is 41.0 Å². The molecule has 6 nitrogen and oxygen atoms in total. The first-order chi connectivity index (χ1) is 10.4. The zero-order chi connectivity index (χ0) is 16.3. The van der Waals surface area contributed by atoms with Crippen LogP contribution in [0.1, 0.15) is 23.7 Å². The molecule has 8 heteroatoms. The summed E-state index contributed by atoms with van der Waals surface area (Å²) in [5.41, 5.74) is 0.393. The number of aliphatic hydroxyl groups is 1. The van der Waals surface area contributed by atoms with E-state index in [9.17, 15) is 23.5 Å². The van der Waals surface area contributed by atoms with Gasteiger partial charge in [0.05, 0.1) is 12.0 Å². The van der Waals surface area contributed by atoms with Crippen LogP contribution >= 0.6 is 0 Å². The molecule has 2 amide bonds. The Morgan fingerprint density at radius 1 is 1.45 bits per heavy atom. The number of rotatable bonds is 4. The van der Waals surface area contributed by atoms with Gasteiger partial charge in [0.15, 0.2) is 0 Å². The van der Waals surface area contributed by atoms with E-state index in [2.05, 4.69) is 5.32 Å². The van der Waals surface area contributed by atoms with Gasteiger partial charge in [-0.15, -0.1) is 0 Å². The highest BCUT2D eigenvalue weighted by Crippen LogP contribution is 2.31. The molecular formula is C14H14F2N2O4. The van der Waals surface area contributed by atoms with Crippen molar-refractivity contribution < 1.29 is 28.6 Å². The highest BCUT2D eigenvalue weighted by molar-refractivity contribution is 5.94. The molecule has 1 aromatic carbocycles. The summed E-state index contributed by atoms with van der Waals surface area (Å²) in [4.78, 5) is 21.7. The molecule has 0 fully saturated rings. The Kier molecular flexibility index (Phi) is 4.71. The van der Waals surface area contributed by atoms with E-state index in [4.69, 9.17) is 5.11 Å². The molecule has 0 saturated carbocycles. The Labute approximate surface area is 124 Å². The van der Waals surface area contributed by atoms with E-state index in [1.807, 2.05) is 5.32 Å². The number of nitrogens with one attached hydrogen (secondary N) is 2. The molecule has 1 atom stereocenters. The van der Waals surface area contributed by atoms with Crippen molar-refractivity contribution in [3.63, 3.8) is 0 Å². The van der Waals surface area contributed by atoms with Crippen LogP contribution in [0, 0.1) is 5.82 Å². The highest BCUT2D eigenvalue weighted by atomic mass is 19.1. The molecule has 118 valence electrons. The highest BCUT2D eigenvalue weighted by Gasteiger charge is 2.23. The lowest BCUT2D eigenvalue weighted by molar-refractivity contribution is -0.116. The number of aliphatic hydroxyl groups excluding tert-OH is 1. The number of carboxylic acid groups (broad SMARTS) is 1. The number of halogens is 2. The quantitative estimate of drug-likeness (QED) is 0.682. The second kappa shape index (κ2) is 6.52. The number of amides is 2. The maximum absolute atomic E-state index is 14.0.